The van der Waals surface area contributed by atoms with Gasteiger partial charge in [-0.25, -0.2) is 4.79 Å². The lowest BCUT2D eigenvalue weighted by molar-refractivity contribution is -0.118. The third kappa shape index (κ3) is 4.29. The summed E-state index contributed by atoms with van der Waals surface area (Å²) in [4.78, 5) is 24.8. The van der Waals surface area contributed by atoms with E-state index in [0.29, 0.717) is 18.7 Å². The van der Waals surface area contributed by atoms with Gasteiger partial charge >= 0.3 is 5.97 Å². The second-order valence-corrected chi connectivity index (χ2v) is 6.04. The molecular formula is C16H21NO4. The summed E-state index contributed by atoms with van der Waals surface area (Å²) in [6.45, 7) is 7.31. The molecule has 1 atom stereocenters. The Morgan fingerprint density at radius 3 is 2.57 bits per heavy atom. The Hall–Kier alpha value is -1.88. The number of anilines is 1. The third-order valence-electron chi connectivity index (χ3n) is 3.11. The fraction of sp³-hybridized carbons (Fsp3) is 0.500. The zero-order chi connectivity index (χ0) is 15.5. The predicted molar refractivity (Wildman–Crippen MR) is 79.6 cm³/mol. The second kappa shape index (κ2) is 6.26. The molecule has 0 bridgehead atoms. The van der Waals surface area contributed by atoms with Gasteiger partial charge in [-0.3, -0.25) is 0 Å². The molecule has 1 aliphatic heterocycles. The maximum Gasteiger partial charge on any atom is 0.338 e. The molecule has 0 aromatic heterocycles. The van der Waals surface area contributed by atoms with Crippen molar-refractivity contribution in [1.82, 2.24) is 0 Å². The van der Waals surface area contributed by atoms with E-state index < -0.39 is 5.60 Å². The van der Waals surface area contributed by atoms with Gasteiger partial charge in [-0.2, -0.15) is 0 Å². The van der Waals surface area contributed by atoms with Crippen LogP contribution in [0.15, 0.2) is 24.3 Å². The summed E-state index contributed by atoms with van der Waals surface area (Å²) in [6, 6.07) is 7.22. The molecule has 0 aliphatic carbocycles. The van der Waals surface area contributed by atoms with Crippen LogP contribution in [0.1, 0.15) is 31.1 Å². The number of benzene rings is 1. The number of nitrogens with zero attached hydrogens (tertiary/aromatic N) is 1. The second-order valence-electron chi connectivity index (χ2n) is 6.04. The number of ether oxygens (including phenoxy) is 2. The SMILES string of the molecule is CC(C)(C)OC(=O)c1ccc(N2CCO[C@@H](C=O)C2)cc1. The minimum Gasteiger partial charge on any atom is -0.456 e. The summed E-state index contributed by atoms with van der Waals surface area (Å²) in [6.07, 6.45) is 0.436. The first-order valence-electron chi connectivity index (χ1n) is 7.04. The van der Waals surface area contributed by atoms with E-state index >= 15 is 0 Å². The van der Waals surface area contributed by atoms with Crippen LogP contribution in [-0.4, -0.2) is 43.7 Å². The van der Waals surface area contributed by atoms with Crippen LogP contribution in [0.5, 0.6) is 0 Å². The lowest BCUT2D eigenvalue weighted by Gasteiger charge is -2.32. The van der Waals surface area contributed by atoms with Crippen LogP contribution in [0.2, 0.25) is 0 Å². The summed E-state index contributed by atoms with van der Waals surface area (Å²) >= 11 is 0. The van der Waals surface area contributed by atoms with Crippen molar-refractivity contribution >= 4 is 17.9 Å². The Balaban J connectivity index is 2.05. The first-order valence-corrected chi connectivity index (χ1v) is 7.04. The largest absolute Gasteiger partial charge is 0.456 e. The Morgan fingerprint density at radius 2 is 2.00 bits per heavy atom. The van der Waals surface area contributed by atoms with Gasteiger partial charge in [-0.05, 0) is 45.0 Å². The molecule has 5 heteroatoms. The number of carbonyl (C=O) groups excluding carboxylic acids is 2. The van der Waals surface area contributed by atoms with Crippen molar-refractivity contribution in [3.8, 4) is 0 Å². The van der Waals surface area contributed by atoms with Crippen molar-refractivity contribution in [3.63, 3.8) is 0 Å². The maximum absolute atomic E-state index is 11.9. The fourth-order valence-corrected chi connectivity index (χ4v) is 2.14. The average Bonchev–Trinajstić information content (AvgIpc) is 2.46. The van der Waals surface area contributed by atoms with E-state index in [0.717, 1.165) is 18.5 Å². The summed E-state index contributed by atoms with van der Waals surface area (Å²) in [7, 11) is 0. The quantitative estimate of drug-likeness (QED) is 0.630. The molecule has 1 heterocycles. The van der Waals surface area contributed by atoms with Crippen LogP contribution in [0.3, 0.4) is 0 Å². The lowest BCUT2D eigenvalue weighted by atomic mass is 10.1. The molecule has 1 fully saturated rings. The molecule has 0 radical (unpaired) electrons. The maximum atomic E-state index is 11.9. The van der Waals surface area contributed by atoms with Crippen molar-refractivity contribution in [2.45, 2.75) is 32.5 Å². The average molecular weight is 291 g/mol. The molecule has 1 aliphatic rings. The predicted octanol–water partition coefficient (Wildman–Crippen LogP) is 2.05. The van der Waals surface area contributed by atoms with E-state index in [1.807, 2.05) is 32.9 Å². The highest BCUT2D eigenvalue weighted by Gasteiger charge is 2.21. The number of esters is 1. The molecule has 0 saturated carbocycles. The Kier molecular flexibility index (Phi) is 4.63. The molecule has 0 unspecified atom stereocenters. The summed E-state index contributed by atoms with van der Waals surface area (Å²) in [5, 5.41) is 0. The Bertz CT molecular complexity index is 504. The van der Waals surface area contributed by atoms with Crippen LogP contribution >= 0.6 is 0 Å². The molecule has 1 aromatic carbocycles. The Morgan fingerprint density at radius 1 is 1.33 bits per heavy atom. The van der Waals surface area contributed by atoms with E-state index in [2.05, 4.69) is 4.90 Å². The molecular weight excluding hydrogens is 270 g/mol. The lowest BCUT2D eigenvalue weighted by Crippen LogP contribution is -2.43. The third-order valence-corrected chi connectivity index (χ3v) is 3.11. The molecule has 21 heavy (non-hydrogen) atoms. The van der Waals surface area contributed by atoms with E-state index in [1.165, 1.54) is 0 Å². The molecule has 0 N–H and O–H groups in total. The smallest absolute Gasteiger partial charge is 0.338 e. The summed E-state index contributed by atoms with van der Waals surface area (Å²) in [5.74, 6) is -0.332. The molecule has 1 saturated heterocycles. The molecule has 0 amide bonds. The first kappa shape index (κ1) is 15.5. The van der Waals surface area contributed by atoms with Gasteiger partial charge in [0.2, 0.25) is 0 Å². The molecule has 0 spiro atoms. The highest BCUT2D eigenvalue weighted by atomic mass is 16.6. The fourth-order valence-electron chi connectivity index (χ4n) is 2.14. The monoisotopic (exact) mass is 291 g/mol. The molecule has 5 nitrogen and oxygen atoms in total. The zero-order valence-electron chi connectivity index (χ0n) is 12.7. The van der Waals surface area contributed by atoms with Crippen molar-refractivity contribution < 1.29 is 19.1 Å². The van der Waals surface area contributed by atoms with Gasteiger partial charge in [-0.1, -0.05) is 0 Å². The number of rotatable bonds is 3. The standard InChI is InChI=1S/C16H21NO4/c1-16(2,3)21-15(19)12-4-6-13(7-5-12)17-8-9-20-14(10-17)11-18/h4-7,11,14H,8-10H2,1-3H3/t14-/m1/s1. The topological polar surface area (TPSA) is 55.8 Å². The summed E-state index contributed by atoms with van der Waals surface area (Å²) < 4.78 is 10.6. The number of hydrogen-bond acceptors (Lipinski definition) is 5. The van der Waals surface area contributed by atoms with E-state index in [1.54, 1.807) is 12.1 Å². The highest BCUT2D eigenvalue weighted by Crippen LogP contribution is 2.19. The molecule has 1 aromatic rings. The highest BCUT2D eigenvalue weighted by molar-refractivity contribution is 5.90. The summed E-state index contributed by atoms with van der Waals surface area (Å²) in [5.41, 5.74) is 0.989. The Labute approximate surface area is 124 Å². The van der Waals surface area contributed by atoms with Gasteiger partial charge in [-0.15, -0.1) is 0 Å². The van der Waals surface area contributed by atoms with Gasteiger partial charge < -0.3 is 19.2 Å². The number of hydrogen-bond donors (Lipinski definition) is 0. The normalized spacial score (nSPS) is 19.2. The number of carbonyl (C=O) groups is 2. The first-order chi connectivity index (χ1) is 9.89. The minimum absolute atomic E-state index is 0.332. The van der Waals surface area contributed by atoms with Crippen LogP contribution < -0.4 is 4.90 Å². The van der Waals surface area contributed by atoms with Gasteiger partial charge in [0.25, 0.3) is 0 Å². The minimum atomic E-state index is -0.503. The number of morpholine rings is 1. The van der Waals surface area contributed by atoms with Crippen LogP contribution in [0, 0.1) is 0 Å². The molecule has 2 rings (SSSR count). The van der Waals surface area contributed by atoms with Crippen LogP contribution in [-0.2, 0) is 14.3 Å². The van der Waals surface area contributed by atoms with Crippen molar-refractivity contribution in [2.75, 3.05) is 24.6 Å². The van der Waals surface area contributed by atoms with Crippen molar-refractivity contribution in [1.29, 1.82) is 0 Å². The van der Waals surface area contributed by atoms with Crippen molar-refractivity contribution in [2.24, 2.45) is 0 Å². The van der Waals surface area contributed by atoms with Gasteiger partial charge in [0.15, 0.2) is 6.29 Å². The van der Waals surface area contributed by atoms with E-state index in [-0.39, 0.29) is 12.1 Å². The zero-order valence-corrected chi connectivity index (χ0v) is 12.7. The van der Waals surface area contributed by atoms with E-state index in [9.17, 15) is 9.59 Å². The van der Waals surface area contributed by atoms with E-state index in [4.69, 9.17) is 9.47 Å². The van der Waals surface area contributed by atoms with Gasteiger partial charge in [0.1, 0.15) is 11.7 Å². The van der Waals surface area contributed by atoms with Gasteiger partial charge in [0, 0.05) is 12.2 Å². The van der Waals surface area contributed by atoms with Crippen molar-refractivity contribution in [3.05, 3.63) is 29.8 Å². The van der Waals surface area contributed by atoms with Gasteiger partial charge in [0.05, 0.1) is 18.7 Å². The van der Waals surface area contributed by atoms with Crippen LogP contribution in [0.25, 0.3) is 0 Å². The molecule has 114 valence electrons. The van der Waals surface area contributed by atoms with Crippen LogP contribution in [0.4, 0.5) is 5.69 Å². The number of aldehydes is 1.